The molecule has 3 rings (SSSR count). The van der Waals surface area contributed by atoms with Gasteiger partial charge in [0.25, 0.3) is 0 Å². The lowest BCUT2D eigenvalue weighted by atomic mass is 9.78. The molecule has 0 unspecified atom stereocenters. The molecule has 2 aromatic carbocycles. The highest BCUT2D eigenvalue weighted by Crippen LogP contribution is 2.37. The van der Waals surface area contributed by atoms with Gasteiger partial charge in [-0.3, -0.25) is 4.79 Å². The Hall–Kier alpha value is -2.82. The molecule has 0 saturated carbocycles. The van der Waals surface area contributed by atoms with Crippen LogP contribution in [0.5, 0.6) is 17.2 Å². The summed E-state index contributed by atoms with van der Waals surface area (Å²) in [4.78, 5) is 13.0. The summed E-state index contributed by atoms with van der Waals surface area (Å²) in [6, 6.07) is 6.53. The molecule has 0 amide bonds. The fourth-order valence-corrected chi connectivity index (χ4v) is 2.76. The molecular weight excluding hydrogens is 342 g/mol. The summed E-state index contributed by atoms with van der Waals surface area (Å²) >= 11 is 0. The van der Waals surface area contributed by atoms with Gasteiger partial charge in [-0.25, -0.2) is 0 Å². The van der Waals surface area contributed by atoms with Crippen molar-refractivity contribution in [2.45, 2.75) is 27.2 Å². The van der Waals surface area contributed by atoms with Gasteiger partial charge in [0.2, 0.25) is 0 Å². The molecule has 5 nitrogen and oxygen atoms in total. The standard InChI is InChI=1S/C18H14B2O5.C2H6/c1-3-10-11(15(21)8-4-6-9(24-2)7-5-8)12-16(22)13(19)14(20)17(23)18(12)25-10;1-2/h4-7,22-23H,3H2,1-2H3;1-2H3. The van der Waals surface area contributed by atoms with Crippen molar-refractivity contribution in [3.8, 4) is 17.2 Å². The third-order valence-electron chi connectivity index (χ3n) is 4.13. The topological polar surface area (TPSA) is 79.9 Å². The zero-order valence-corrected chi connectivity index (χ0v) is 15.8. The maximum Gasteiger partial charge on any atom is 0.197 e. The lowest BCUT2D eigenvalue weighted by Gasteiger charge is -2.09. The van der Waals surface area contributed by atoms with Crippen LogP contribution in [-0.2, 0) is 6.42 Å². The van der Waals surface area contributed by atoms with Crippen LogP contribution in [0.1, 0.15) is 42.5 Å². The molecule has 4 radical (unpaired) electrons. The van der Waals surface area contributed by atoms with Crippen molar-refractivity contribution in [2.24, 2.45) is 0 Å². The van der Waals surface area contributed by atoms with E-state index in [4.69, 9.17) is 24.8 Å². The number of fused-ring (bicyclic) bond motifs is 1. The van der Waals surface area contributed by atoms with Gasteiger partial charge in [0.1, 0.15) is 33.0 Å². The van der Waals surface area contributed by atoms with Gasteiger partial charge in [-0.15, -0.1) is 0 Å². The largest absolute Gasteiger partial charge is 0.508 e. The quantitative estimate of drug-likeness (QED) is 0.423. The van der Waals surface area contributed by atoms with Crippen molar-refractivity contribution < 1.29 is 24.2 Å². The van der Waals surface area contributed by atoms with E-state index in [1.807, 2.05) is 13.8 Å². The fraction of sp³-hybridized carbons (Fsp3) is 0.250. The molecular formula is C20H20B2O5. The van der Waals surface area contributed by atoms with Gasteiger partial charge in [0, 0.05) is 12.0 Å². The van der Waals surface area contributed by atoms with E-state index in [-0.39, 0.29) is 39.0 Å². The van der Waals surface area contributed by atoms with Crippen LogP contribution in [0.3, 0.4) is 0 Å². The summed E-state index contributed by atoms with van der Waals surface area (Å²) in [5.74, 6) is -0.204. The van der Waals surface area contributed by atoms with Crippen molar-refractivity contribution in [1.29, 1.82) is 0 Å². The molecule has 0 atom stereocenters. The molecule has 0 bridgehead atoms. The number of benzene rings is 2. The van der Waals surface area contributed by atoms with E-state index in [2.05, 4.69) is 0 Å². The van der Waals surface area contributed by atoms with Crippen LogP contribution in [0.4, 0.5) is 0 Å². The molecule has 0 spiro atoms. The number of aryl methyl sites for hydroxylation is 1. The number of hydrogen-bond acceptors (Lipinski definition) is 5. The average Bonchev–Trinajstić information content (AvgIpc) is 3.11. The fourth-order valence-electron chi connectivity index (χ4n) is 2.76. The maximum atomic E-state index is 13.0. The van der Waals surface area contributed by atoms with Crippen molar-refractivity contribution in [3.05, 3.63) is 41.2 Å². The molecule has 27 heavy (non-hydrogen) atoms. The summed E-state index contributed by atoms with van der Waals surface area (Å²) in [5.41, 5.74) is 0.0923. The number of carbonyl (C=O) groups is 1. The Balaban J connectivity index is 0.00000126. The third-order valence-corrected chi connectivity index (χ3v) is 4.13. The first kappa shape index (κ1) is 20.5. The molecule has 0 saturated heterocycles. The van der Waals surface area contributed by atoms with E-state index < -0.39 is 5.75 Å². The molecule has 7 heteroatoms. The Morgan fingerprint density at radius 3 is 2.15 bits per heavy atom. The Morgan fingerprint density at radius 2 is 1.63 bits per heavy atom. The lowest BCUT2D eigenvalue weighted by Crippen LogP contribution is -2.26. The van der Waals surface area contributed by atoms with Crippen LogP contribution in [-0.4, -0.2) is 38.8 Å². The Morgan fingerprint density at radius 1 is 1.07 bits per heavy atom. The number of carbonyl (C=O) groups excluding carboxylic acids is 1. The Labute approximate surface area is 160 Å². The maximum absolute atomic E-state index is 13.0. The number of hydrogen-bond donors (Lipinski definition) is 2. The van der Waals surface area contributed by atoms with Gasteiger partial charge in [-0.05, 0) is 24.3 Å². The predicted octanol–water partition coefficient (Wildman–Crippen LogP) is 2.26. The molecule has 1 aromatic heterocycles. The van der Waals surface area contributed by atoms with Crippen molar-refractivity contribution in [2.75, 3.05) is 7.11 Å². The molecule has 136 valence electrons. The second-order valence-electron chi connectivity index (χ2n) is 5.54. The zero-order chi connectivity index (χ0) is 20.3. The predicted molar refractivity (Wildman–Crippen MR) is 107 cm³/mol. The smallest absolute Gasteiger partial charge is 0.197 e. The highest BCUT2D eigenvalue weighted by molar-refractivity contribution is 6.52. The summed E-state index contributed by atoms with van der Waals surface area (Å²) in [6.07, 6.45) is 0.380. The minimum absolute atomic E-state index is 0.0573. The highest BCUT2D eigenvalue weighted by atomic mass is 16.5. The number of phenols is 2. The first-order valence-electron chi connectivity index (χ1n) is 8.63. The number of rotatable bonds is 4. The Bertz CT molecular complexity index is 975. The van der Waals surface area contributed by atoms with E-state index in [1.54, 1.807) is 31.2 Å². The molecule has 1 heterocycles. The van der Waals surface area contributed by atoms with Crippen LogP contribution in [0.25, 0.3) is 11.0 Å². The van der Waals surface area contributed by atoms with Crippen LogP contribution in [0.15, 0.2) is 28.7 Å². The first-order chi connectivity index (χ1) is 12.9. The zero-order valence-electron chi connectivity index (χ0n) is 15.8. The molecule has 2 N–H and O–H groups in total. The van der Waals surface area contributed by atoms with E-state index in [0.717, 1.165) is 0 Å². The van der Waals surface area contributed by atoms with E-state index in [1.165, 1.54) is 7.11 Å². The number of aromatic hydroxyl groups is 2. The normalized spacial score (nSPS) is 10.4. The monoisotopic (exact) mass is 362 g/mol. The van der Waals surface area contributed by atoms with Gasteiger partial charge in [0.15, 0.2) is 17.1 Å². The number of ether oxygens (including phenoxy) is 1. The number of methoxy groups -OCH3 is 1. The molecule has 0 aliphatic carbocycles. The summed E-state index contributed by atoms with van der Waals surface area (Å²) in [7, 11) is 12.9. The summed E-state index contributed by atoms with van der Waals surface area (Å²) < 4.78 is 10.7. The van der Waals surface area contributed by atoms with Crippen LogP contribution >= 0.6 is 0 Å². The van der Waals surface area contributed by atoms with Crippen molar-refractivity contribution in [1.82, 2.24) is 0 Å². The lowest BCUT2D eigenvalue weighted by molar-refractivity contribution is 0.103. The third kappa shape index (κ3) is 3.42. The molecule has 0 aliphatic heterocycles. The number of furan rings is 1. The van der Waals surface area contributed by atoms with Gasteiger partial charge < -0.3 is 19.4 Å². The van der Waals surface area contributed by atoms with Crippen LogP contribution in [0, 0.1) is 0 Å². The van der Waals surface area contributed by atoms with E-state index in [0.29, 0.717) is 23.5 Å². The van der Waals surface area contributed by atoms with Gasteiger partial charge in [-0.2, -0.15) is 0 Å². The minimum Gasteiger partial charge on any atom is -0.508 e. The van der Waals surface area contributed by atoms with Crippen molar-refractivity contribution >= 4 is 43.4 Å². The first-order valence-corrected chi connectivity index (χ1v) is 8.63. The number of ketones is 1. The van der Waals surface area contributed by atoms with Crippen LogP contribution < -0.4 is 15.7 Å². The van der Waals surface area contributed by atoms with Gasteiger partial charge >= 0.3 is 0 Å². The van der Waals surface area contributed by atoms with E-state index >= 15 is 0 Å². The van der Waals surface area contributed by atoms with Gasteiger partial charge in [-0.1, -0.05) is 31.7 Å². The summed E-state index contributed by atoms with van der Waals surface area (Å²) in [5, 5.41) is 20.6. The van der Waals surface area contributed by atoms with Crippen LogP contribution in [0.2, 0.25) is 0 Å². The number of phenolic OH excluding ortho intramolecular Hbond substituents is 2. The molecule has 3 aromatic rings. The SMILES string of the molecule is CC.[B]c1c([B])c(O)c2c(C(=O)c3ccc(OC)cc3)c(CC)oc2c1O. The molecule has 0 aliphatic rings. The average molecular weight is 362 g/mol. The summed E-state index contributed by atoms with van der Waals surface area (Å²) in [6.45, 7) is 5.79. The highest BCUT2D eigenvalue weighted by Gasteiger charge is 2.27. The molecule has 0 fully saturated rings. The Kier molecular flexibility index (Phi) is 6.26. The second-order valence-corrected chi connectivity index (χ2v) is 5.54. The van der Waals surface area contributed by atoms with Crippen molar-refractivity contribution in [3.63, 3.8) is 0 Å². The van der Waals surface area contributed by atoms with Gasteiger partial charge in [0.05, 0.1) is 18.1 Å². The minimum atomic E-state index is -0.395. The second kappa shape index (κ2) is 8.25. The van der Waals surface area contributed by atoms with E-state index in [9.17, 15) is 15.0 Å².